The molecule has 0 saturated carbocycles. The lowest BCUT2D eigenvalue weighted by Crippen LogP contribution is -2.45. The van der Waals surface area contributed by atoms with Gasteiger partial charge in [-0.2, -0.15) is 0 Å². The molecule has 0 aromatic carbocycles. The first-order valence-electron chi connectivity index (χ1n) is 31.8. The van der Waals surface area contributed by atoms with Gasteiger partial charge in [0.2, 0.25) is 5.91 Å². The number of ether oxygens (including phenoxy) is 1. The first-order valence-corrected chi connectivity index (χ1v) is 31.8. The predicted octanol–water partition coefficient (Wildman–Crippen LogP) is 20.0. The van der Waals surface area contributed by atoms with E-state index in [2.05, 4.69) is 43.5 Å². The summed E-state index contributed by atoms with van der Waals surface area (Å²) in [7, 11) is 0. The Labute approximate surface area is 443 Å². The molecule has 2 unspecified atom stereocenters. The molecule has 0 spiro atoms. The highest BCUT2D eigenvalue weighted by Crippen LogP contribution is 2.17. The number of hydrogen-bond donors (Lipinski definition) is 3. The van der Waals surface area contributed by atoms with Gasteiger partial charge in [-0.25, -0.2) is 0 Å². The number of carbonyl (C=O) groups is 2. The van der Waals surface area contributed by atoms with Gasteiger partial charge in [-0.05, 0) is 83.5 Å². The van der Waals surface area contributed by atoms with E-state index in [-0.39, 0.29) is 18.5 Å². The fraction of sp³-hybridized carbons (Fsp3) is 0.877. The average Bonchev–Trinajstić information content (AvgIpc) is 3.37. The van der Waals surface area contributed by atoms with Crippen molar-refractivity contribution in [1.82, 2.24) is 5.32 Å². The topological polar surface area (TPSA) is 95.9 Å². The molecule has 0 aromatic heterocycles. The summed E-state index contributed by atoms with van der Waals surface area (Å²) in [6.45, 7) is 4.91. The van der Waals surface area contributed by atoms with E-state index < -0.39 is 12.1 Å². The van der Waals surface area contributed by atoms with Gasteiger partial charge < -0.3 is 20.3 Å². The van der Waals surface area contributed by atoms with Crippen molar-refractivity contribution < 1.29 is 24.5 Å². The second kappa shape index (κ2) is 60.6. The fourth-order valence-corrected chi connectivity index (χ4v) is 9.74. The van der Waals surface area contributed by atoms with E-state index in [4.69, 9.17) is 4.74 Å². The summed E-state index contributed by atoms with van der Waals surface area (Å²) in [5.74, 6) is -0.0659. The summed E-state index contributed by atoms with van der Waals surface area (Å²) in [6.07, 6.45) is 76.2. The maximum atomic E-state index is 12.5. The van der Waals surface area contributed by atoms with Crippen LogP contribution in [0.15, 0.2) is 36.5 Å². The van der Waals surface area contributed by atoms with E-state index in [1.165, 1.54) is 263 Å². The summed E-state index contributed by atoms with van der Waals surface area (Å²) in [4.78, 5) is 24.5. The van der Waals surface area contributed by atoms with Crippen LogP contribution in [-0.4, -0.2) is 47.4 Å². The first kappa shape index (κ1) is 69.1. The average molecular weight is 999 g/mol. The van der Waals surface area contributed by atoms with Crippen molar-refractivity contribution in [2.24, 2.45) is 0 Å². The monoisotopic (exact) mass is 998 g/mol. The Morgan fingerprint density at radius 1 is 0.380 bits per heavy atom. The molecule has 0 radical (unpaired) electrons. The van der Waals surface area contributed by atoms with Crippen LogP contribution in [0, 0.1) is 0 Å². The molecule has 0 saturated heterocycles. The zero-order valence-corrected chi connectivity index (χ0v) is 47.7. The minimum Gasteiger partial charge on any atom is -0.466 e. The van der Waals surface area contributed by atoms with Crippen LogP contribution in [0.4, 0.5) is 0 Å². The number of nitrogens with one attached hydrogen (secondary N) is 1. The zero-order valence-electron chi connectivity index (χ0n) is 47.7. The van der Waals surface area contributed by atoms with Gasteiger partial charge in [0.25, 0.3) is 0 Å². The Morgan fingerprint density at radius 3 is 1.00 bits per heavy atom. The van der Waals surface area contributed by atoms with Gasteiger partial charge in [-0.1, -0.05) is 281 Å². The minimum atomic E-state index is -0.848. The van der Waals surface area contributed by atoms with Crippen LogP contribution < -0.4 is 5.32 Å². The Balaban J connectivity index is 3.42. The van der Waals surface area contributed by atoms with Crippen molar-refractivity contribution in [3.8, 4) is 0 Å². The van der Waals surface area contributed by atoms with Crippen molar-refractivity contribution >= 4 is 11.9 Å². The largest absolute Gasteiger partial charge is 0.466 e. The van der Waals surface area contributed by atoms with Crippen molar-refractivity contribution in [2.45, 2.75) is 353 Å². The normalized spacial score (nSPS) is 12.8. The summed E-state index contributed by atoms with van der Waals surface area (Å²) in [5, 5.41) is 23.1. The van der Waals surface area contributed by atoms with Crippen LogP contribution in [0.25, 0.3) is 0 Å². The van der Waals surface area contributed by atoms with E-state index in [0.717, 1.165) is 51.4 Å². The Kier molecular flexibility index (Phi) is 59.0. The Bertz CT molecular complexity index is 1150. The molecule has 0 aliphatic heterocycles. The van der Waals surface area contributed by atoms with Crippen LogP contribution in [0.5, 0.6) is 0 Å². The number of amides is 1. The quantitative estimate of drug-likeness (QED) is 0.0321. The molecule has 0 rings (SSSR count). The lowest BCUT2D eigenvalue weighted by molar-refractivity contribution is -0.143. The van der Waals surface area contributed by atoms with E-state index in [9.17, 15) is 19.8 Å². The van der Waals surface area contributed by atoms with Gasteiger partial charge in [0, 0.05) is 12.8 Å². The summed E-state index contributed by atoms with van der Waals surface area (Å²) in [6, 6.07) is -0.632. The van der Waals surface area contributed by atoms with Crippen LogP contribution >= 0.6 is 0 Å². The van der Waals surface area contributed by atoms with Gasteiger partial charge in [0.05, 0.1) is 25.4 Å². The zero-order chi connectivity index (χ0) is 51.4. The SMILES string of the molecule is CCCCCCCC/C=C\CCCCCCCCCC(=O)OCCCCCCCCCCCCCC/C=C\CCCCCCCCCC(=O)NC(CO)C(O)/C=C/CCCCCCCCCCCCCC. The molecule has 0 bridgehead atoms. The number of esters is 1. The van der Waals surface area contributed by atoms with E-state index in [1.54, 1.807) is 6.08 Å². The molecule has 6 heteroatoms. The molecule has 0 aromatic rings. The Hall–Kier alpha value is -1.92. The molecule has 0 heterocycles. The summed E-state index contributed by atoms with van der Waals surface area (Å²) in [5.41, 5.74) is 0. The molecular weight excluding hydrogens is 875 g/mol. The highest BCUT2D eigenvalue weighted by atomic mass is 16.5. The number of unbranched alkanes of at least 4 members (excludes halogenated alkanes) is 44. The second-order valence-corrected chi connectivity index (χ2v) is 21.7. The summed E-state index contributed by atoms with van der Waals surface area (Å²) >= 11 is 0. The van der Waals surface area contributed by atoms with Gasteiger partial charge in [-0.15, -0.1) is 0 Å². The molecule has 1 amide bonds. The highest BCUT2D eigenvalue weighted by molar-refractivity contribution is 5.76. The van der Waals surface area contributed by atoms with Crippen molar-refractivity contribution in [3.63, 3.8) is 0 Å². The van der Waals surface area contributed by atoms with Crippen molar-refractivity contribution in [1.29, 1.82) is 0 Å². The molecule has 6 nitrogen and oxygen atoms in total. The van der Waals surface area contributed by atoms with Gasteiger partial charge >= 0.3 is 5.97 Å². The van der Waals surface area contributed by atoms with E-state index >= 15 is 0 Å². The molecule has 71 heavy (non-hydrogen) atoms. The van der Waals surface area contributed by atoms with Crippen LogP contribution in [0.3, 0.4) is 0 Å². The third-order valence-corrected chi connectivity index (χ3v) is 14.6. The van der Waals surface area contributed by atoms with Gasteiger partial charge in [0.1, 0.15) is 0 Å². The summed E-state index contributed by atoms with van der Waals surface area (Å²) < 4.78 is 5.49. The second-order valence-electron chi connectivity index (χ2n) is 21.7. The Morgan fingerprint density at radius 2 is 0.662 bits per heavy atom. The smallest absolute Gasteiger partial charge is 0.305 e. The molecule has 2 atom stereocenters. The lowest BCUT2D eigenvalue weighted by Gasteiger charge is -2.20. The molecule has 0 fully saturated rings. The van der Waals surface area contributed by atoms with Gasteiger partial charge in [0.15, 0.2) is 0 Å². The first-order chi connectivity index (χ1) is 35.0. The number of allylic oxidation sites excluding steroid dienone is 5. The maximum Gasteiger partial charge on any atom is 0.305 e. The molecule has 3 N–H and O–H groups in total. The maximum absolute atomic E-state index is 12.5. The number of hydrogen-bond acceptors (Lipinski definition) is 5. The molecule has 418 valence electrons. The minimum absolute atomic E-state index is 0.00770. The highest BCUT2D eigenvalue weighted by Gasteiger charge is 2.18. The third-order valence-electron chi connectivity index (χ3n) is 14.6. The molecular formula is C65H123NO5. The van der Waals surface area contributed by atoms with E-state index in [1.807, 2.05) is 6.08 Å². The van der Waals surface area contributed by atoms with E-state index in [0.29, 0.717) is 19.4 Å². The standard InChI is InChI=1S/C65H123NO5/c1-3-5-7-9-11-13-15-17-19-27-31-35-39-43-47-51-55-59-65(70)71-60-56-52-48-44-40-36-32-29-26-24-22-20-21-23-25-28-30-34-38-42-46-50-54-58-64(69)66-62(61-67)63(68)57-53-49-45-41-37-33-18-16-14-12-10-8-6-4-2/h17,19,23,25,53,57,62-63,67-68H,3-16,18,20-22,24,26-52,54-56,58-61H2,1-2H3,(H,66,69)/b19-17-,25-23-,57-53+. The number of aliphatic hydroxyl groups is 2. The van der Waals surface area contributed by atoms with Crippen molar-refractivity contribution in [3.05, 3.63) is 36.5 Å². The van der Waals surface area contributed by atoms with Crippen molar-refractivity contribution in [2.75, 3.05) is 13.2 Å². The fourth-order valence-electron chi connectivity index (χ4n) is 9.74. The molecule has 0 aliphatic carbocycles. The van der Waals surface area contributed by atoms with Crippen LogP contribution in [-0.2, 0) is 14.3 Å². The number of aliphatic hydroxyl groups excluding tert-OH is 2. The predicted molar refractivity (Wildman–Crippen MR) is 310 cm³/mol. The van der Waals surface area contributed by atoms with Crippen LogP contribution in [0.2, 0.25) is 0 Å². The van der Waals surface area contributed by atoms with Crippen LogP contribution in [0.1, 0.15) is 341 Å². The van der Waals surface area contributed by atoms with Gasteiger partial charge in [-0.3, -0.25) is 9.59 Å². The molecule has 0 aliphatic rings. The third kappa shape index (κ3) is 57.2. The lowest BCUT2D eigenvalue weighted by atomic mass is 10.0. The number of rotatable bonds is 59. The number of carbonyl (C=O) groups excluding carboxylic acids is 2.